The Morgan fingerprint density at radius 2 is 1.96 bits per heavy atom. The van der Waals surface area contributed by atoms with Crippen LogP contribution in [0.1, 0.15) is 12.6 Å². The molecule has 5 nitrogen and oxygen atoms in total. The first kappa shape index (κ1) is 18.6. The van der Waals surface area contributed by atoms with Gasteiger partial charge >= 0.3 is 6.18 Å². The van der Waals surface area contributed by atoms with Crippen LogP contribution < -0.4 is 10.6 Å². The minimum Gasteiger partial charge on any atom is -0.394 e. The second-order valence-electron chi connectivity index (χ2n) is 4.94. The third kappa shape index (κ3) is 4.90. The first-order chi connectivity index (χ1) is 11.2. The van der Waals surface area contributed by atoms with Crippen molar-refractivity contribution in [2.45, 2.75) is 19.1 Å². The number of nitrogens with zero attached hydrogens (tertiary/aromatic N) is 2. The van der Waals surface area contributed by atoms with E-state index in [4.69, 9.17) is 5.11 Å². The molecule has 24 heavy (non-hydrogen) atoms. The molecule has 0 unspecified atom stereocenters. The van der Waals surface area contributed by atoms with Gasteiger partial charge < -0.3 is 15.7 Å². The quantitative estimate of drug-likeness (QED) is 0.472. The Morgan fingerprint density at radius 3 is 2.54 bits per heavy atom. The molecule has 0 bridgehead atoms. The highest BCUT2D eigenvalue weighted by molar-refractivity contribution is 14.1. The van der Waals surface area contributed by atoms with E-state index >= 15 is 0 Å². The Kier molecular flexibility index (Phi) is 5.80. The molecule has 3 N–H and O–H groups in total. The largest absolute Gasteiger partial charge is 0.433 e. The third-order valence-corrected chi connectivity index (χ3v) is 3.53. The number of hydrogen-bond donors (Lipinski definition) is 3. The molecular formula is C14H13F4IN4O. The van der Waals surface area contributed by atoms with Gasteiger partial charge in [-0.25, -0.2) is 9.37 Å². The van der Waals surface area contributed by atoms with Crippen LogP contribution in [0.3, 0.4) is 0 Å². The standard InChI is InChI=1S/C14H13F4IN4O/c1-7(6-24)20-13-22-11(14(16,17)18)5-12(23-13)21-10-3-2-8(19)4-9(10)15/h2-5,7,24H,6H2,1H3,(H2,20,21,22,23)/t7-/m1/s1. The number of aliphatic hydroxyl groups excluding tert-OH is 1. The second-order valence-corrected chi connectivity index (χ2v) is 6.18. The number of hydrogen-bond acceptors (Lipinski definition) is 5. The highest BCUT2D eigenvalue weighted by Gasteiger charge is 2.34. The molecular weight excluding hydrogens is 443 g/mol. The molecule has 0 spiro atoms. The Morgan fingerprint density at radius 1 is 1.25 bits per heavy atom. The summed E-state index contributed by atoms with van der Waals surface area (Å²) in [5.41, 5.74) is -1.19. The first-order valence-electron chi connectivity index (χ1n) is 6.75. The fraction of sp³-hybridized carbons (Fsp3) is 0.286. The minimum atomic E-state index is -4.69. The van der Waals surface area contributed by atoms with Crippen molar-refractivity contribution in [3.63, 3.8) is 0 Å². The topological polar surface area (TPSA) is 70.1 Å². The van der Waals surface area contributed by atoms with E-state index in [0.717, 1.165) is 0 Å². The second kappa shape index (κ2) is 7.47. The number of alkyl halides is 3. The van der Waals surface area contributed by atoms with Crippen LogP contribution in [0.15, 0.2) is 24.3 Å². The molecule has 1 aromatic heterocycles. The van der Waals surface area contributed by atoms with Crippen LogP contribution in [0, 0.1) is 9.39 Å². The predicted molar refractivity (Wildman–Crippen MR) is 89.6 cm³/mol. The molecule has 2 rings (SSSR count). The van der Waals surface area contributed by atoms with Crippen LogP contribution in [0.5, 0.6) is 0 Å². The zero-order chi connectivity index (χ0) is 17.9. The van der Waals surface area contributed by atoms with Crippen molar-refractivity contribution < 1.29 is 22.7 Å². The van der Waals surface area contributed by atoms with Gasteiger partial charge in [0.25, 0.3) is 0 Å². The Labute approximate surface area is 148 Å². The van der Waals surface area contributed by atoms with Crippen LogP contribution >= 0.6 is 22.6 Å². The van der Waals surface area contributed by atoms with E-state index in [-0.39, 0.29) is 24.1 Å². The SMILES string of the molecule is C[C@H](CO)Nc1nc(Nc2ccc(I)cc2F)cc(C(F)(F)F)n1. The van der Waals surface area contributed by atoms with Crippen molar-refractivity contribution in [1.29, 1.82) is 0 Å². The van der Waals surface area contributed by atoms with Crippen molar-refractivity contribution in [2.75, 3.05) is 17.2 Å². The number of rotatable bonds is 5. The fourth-order valence-corrected chi connectivity index (χ4v) is 2.17. The molecule has 2 aromatic rings. The summed E-state index contributed by atoms with van der Waals surface area (Å²) in [6, 6.07) is 4.38. The first-order valence-corrected chi connectivity index (χ1v) is 7.82. The normalized spacial score (nSPS) is 12.8. The molecule has 0 aliphatic heterocycles. The van der Waals surface area contributed by atoms with Crippen molar-refractivity contribution in [2.24, 2.45) is 0 Å². The maximum atomic E-state index is 13.9. The van der Waals surface area contributed by atoms with Gasteiger partial charge in [0.05, 0.1) is 12.3 Å². The Balaban J connectivity index is 2.38. The van der Waals surface area contributed by atoms with E-state index in [1.807, 2.05) is 22.6 Å². The molecule has 10 heteroatoms. The number of nitrogens with one attached hydrogen (secondary N) is 2. The van der Waals surface area contributed by atoms with Gasteiger partial charge in [0.1, 0.15) is 11.6 Å². The summed E-state index contributed by atoms with van der Waals surface area (Å²) < 4.78 is 53.4. The zero-order valence-corrected chi connectivity index (χ0v) is 14.5. The summed E-state index contributed by atoms with van der Waals surface area (Å²) in [5, 5.41) is 14.0. The molecule has 0 aliphatic rings. The highest BCUT2D eigenvalue weighted by atomic mass is 127. The molecule has 0 aliphatic carbocycles. The highest BCUT2D eigenvalue weighted by Crippen LogP contribution is 2.31. The summed E-state index contributed by atoms with van der Waals surface area (Å²) >= 11 is 1.92. The van der Waals surface area contributed by atoms with E-state index < -0.39 is 23.7 Å². The monoisotopic (exact) mass is 456 g/mol. The predicted octanol–water partition coefficient (Wildman–Crippen LogP) is 3.78. The number of anilines is 3. The lowest BCUT2D eigenvalue weighted by atomic mass is 10.3. The van der Waals surface area contributed by atoms with Gasteiger partial charge in [0, 0.05) is 15.7 Å². The summed E-state index contributed by atoms with van der Waals surface area (Å²) in [4.78, 5) is 7.26. The van der Waals surface area contributed by atoms with Crippen molar-refractivity contribution in [3.8, 4) is 0 Å². The molecule has 1 atom stereocenters. The molecule has 0 amide bonds. The van der Waals surface area contributed by atoms with Gasteiger partial charge in [-0.1, -0.05) is 0 Å². The van der Waals surface area contributed by atoms with Crippen LogP contribution in [0.2, 0.25) is 0 Å². The summed E-state index contributed by atoms with van der Waals surface area (Å²) in [6.45, 7) is 1.24. The van der Waals surface area contributed by atoms with E-state index in [1.54, 1.807) is 13.0 Å². The van der Waals surface area contributed by atoms with Gasteiger partial charge in [-0.15, -0.1) is 0 Å². The van der Waals surface area contributed by atoms with Crippen LogP contribution in [-0.4, -0.2) is 27.7 Å². The summed E-state index contributed by atoms with van der Waals surface area (Å²) in [5.74, 6) is -1.16. The fourth-order valence-electron chi connectivity index (χ4n) is 1.72. The third-order valence-electron chi connectivity index (χ3n) is 2.86. The lowest BCUT2D eigenvalue weighted by Crippen LogP contribution is -2.22. The number of aromatic nitrogens is 2. The Bertz CT molecular complexity index is 726. The maximum Gasteiger partial charge on any atom is 0.433 e. The van der Waals surface area contributed by atoms with Gasteiger partial charge in [-0.2, -0.15) is 18.2 Å². The average Bonchev–Trinajstić information content (AvgIpc) is 2.49. The van der Waals surface area contributed by atoms with Crippen LogP contribution in [-0.2, 0) is 6.18 Å². The lowest BCUT2D eigenvalue weighted by molar-refractivity contribution is -0.141. The Hall–Kier alpha value is -1.69. The molecule has 1 heterocycles. The molecule has 130 valence electrons. The smallest absolute Gasteiger partial charge is 0.394 e. The van der Waals surface area contributed by atoms with E-state index in [2.05, 4.69) is 20.6 Å². The van der Waals surface area contributed by atoms with Crippen LogP contribution in [0.4, 0.5) is 35.0 Å². The van der Waals surface area contributed by atoms with Crippen molar-refractivity contribution >= 4 is 40.0 Å². The maximum absolute atomic E-state index is 13.9. The summed E-state index contributed by atoms with van der Waals surface area (Å²) in [6.07, 6.45) is -4.69. The molecule has 0 saturated heterocycles. The summed E-state index contributed by atoms with van der Waals surface area (Å²) in [7, 11) is 0. The molecule has 0 fully saturated rings. The lowest BCUT2D eigenvalue weighted by Gasteiger charge is -2.15. The zero-order valence-electron chi connectivity index (χ0n) is 12.3. The minimum absolute atomic E-state index is 0.0107. The van der Waals surface area contributed by atoms with Crippen molar-refractivity contribution in [1.82, 2.24) is 9.97 Å². The number of aliphatic hydroxyl groups is 1. The van der Waals surface area contributed by atoms with Gasteiger partial charge in [-0.3, -0.25) is 0 Å². The van der Waals surface area contributed by atoms with Crippen LogP contribution in [0.25, 0.3) is 0 Å². The van der Waals surface area contributed by atoms with Gasteiger partial charge in [0.15, 0.2) is 5.69 Å². The van der Waals surface area contributed by atoms with Gasteiger partial charge in [0.2, 0.25) is 5.95 Å². The van der Waals surface area contributed by atoms with Gasteiger partial charge in [-0.05, 0) is 47.7 Å². The van der Waals surface area contributed by atoms with Crippen molar-refractivity contribution in [3.05, 3.63) is 39.3 Å². The number of benzene rings is 1. The molecule has 1 aromatic carbocycles. The average molecular weight is 456 g/mol. The van der Waals surface area contributed by atoms with E-state index in [0.29, 0.717) is 9.64 Å². The van der Waals surface area contributed by atoms with E-state index in [9.17, 15) is 17.6 Å². The molecule has 0 saturated carbocycles. The van der Waals surface area contributed by atoms with E-state index in [1.165, 1.54) is 12.1 Å². The molecule has 0 radical (unpaired) electrons. The number of halogens is 5.